The van der Waals surface area contributed by atoms with Crippen molar-refractivity contribution in [2.45, 2.75) is 25.3 Å². The molecule has 4 nitrogen and oxygen atoms in total. The maximum Gasteiger partial charge on any atom is 0.180 e. The van der Waals surface area contributed by atoms with Crippen molar-refractivity contribution < 1.29 is 14.3 Å². The highest BCUT2D eigenvalue weighted by molar-refractivity contribution is 6.02. The molecule has 0 radical (unpaired) electrons. The number of hydrogen-bond donors (Lipinski definition) is 0. The van der Waals surface area contributed by atoms with E-state index in [0.29, 0.717) is 11.5 Å². The summed E-state index contributed by atoms with van der Waals surface area (Å²) in [5, 5.41) is 0. The van der Waals surface area contributed by atoms with E-state index in [2.05, 4.69) is 4.90 Å². The lowest BCUT2D eigenvalue weighted by Gasteiger charge is -2.19. The van der Waals surface area contributed by atoms with Crippen LogP contribution < -0.4 is 9.47 Å². The molecule has 0 spiro atoms. The Hall–Kier alpha value is -1.55. The van der Waals surface area contributed by atoms with E-state index in [1.807, 2.05) is 12.1 Å². The predicted molar refractivity (Wildman–Crippen MR) is 72.2 cm³/mol. The van der Waals surface area contributed by atoms with Crippen molar-refractivity contribution in [1.82, 2.24) is 4.90 Å². The van der Waals surface area contributed by atoms with E-state index >= 15 is 0 Å². The Labute approximate surface area is 113 Å². The van der Waals surface area contributed by atoms with Crippen LogP contribution in [0.1, 0.15) is 28.8 Å². The quantitative estimate of drug-likeness (QED) is 0.815. The molecule has 2 aliphatic heterocycles. The summed E-state index contributed by atoms with van der Waals surface area (Å²) in [7, 11) is 3.23. The van der Waals surface area contributed by atoms with Crippen molar-refractivity contribution in [1.29, 1.82) is 0 Å². The molecule has 0 aliphatic carbocycles. The third kappa shape index (κ3) is 2.00. The Kier molecular flexibility index (Phi) is 3.19. The van der Waals surface area contributed by atoms with Gasteiger partial charge in [-0.2, -0.15) is 0 Å². The molecular formula is C15H19NO3. The lowest BCUT2D eigenvalue weighted by molar-refractivity contribution is 0.0880. The summed E-state index contributed by atoms with van der Waals surface area (Å²) in [4.78, 5) is 15.0. The minimum Gasteiger partial charge on any atom is -0.493 e. The monoisotopic (exact) mass is 261 g/mol. The van der Waals surface area contributed by atoms with E-state index < -0.39 is 0 Å². The number of fused-ring (bicyclic) bond motifs is 2. The maximum atomic E-state index is 12.6. The first-order chi connectivity index (χ1) is 9.24. The summed E-state index contributed by atoms with van der Waals surface area (Å²) in [6, 6.07) is 3.87. The highest BCUT2D eigenvalue weighted by Gasteiger charge is 2.35. The van der Waals surface area contributed by atoms with Gasteiger partial charge in [0.15, 0.2) is 17.3 Å². The molecule has 0 aromatic heterocycles. The van der Waals surface area contributed by atoms with Gasteiger partial charge in [-0.15, -0.1) is 0 Å². The van der Waals surface area contributed by atoms with Gasteiger partial charge in [-0.25, -0.2) is 0 Å². The molecule has 2 aliphatic rings. The third-order valence-electron chi connectivity index (χ3n) is 4.21. The summed E-state index contributed by atoms with van der Waals surface area (Å²) in [6.45, 7) is 2.00. The number of Topliss-reactive ketones (excluding diaryl/α,β-unsaturated/α-hetero) is 1. The zero-order valence-corrected chi connectivity index (χ0v) is 11.4. The molecule has 0 N–H and O–H groups in total. The predicted octanol–water partition coefficient (Wildman–Crippen LogP) is 1.91. The standard InChI is InChI=1S/C15H19NO3/c1-18-13-8-10-5-7-16-6-3-4-12(16)15(17)11(10)9-14(13)19-2/h8-9,12H,3-7H2,1-2H3. The van der Waals surface area contributed by atoms with Gasteiger partial charge in [-0.1, -0.05) is 0 Å². The van der Waals surface area contributed by atoms with Crippen molar-refractivity contribution in [2.24, 2.45) is 0 Å². The van der Waals surface area contributed by atoms with E-state index in [-0.39, 0.29) is 11.8 Å². The van der Waals surface area contributed by atoms with Crippen LogP contribution in [-0.4, -0.2) is 44.0 Å². The van der Waals surface area contributed by atoms with Crippen LogP contribution in [0.15, 0.2) is 12.1 Å². The van der Waals surface area contributed by atoms with Gasteiger partial charge >= 0.3 is 0 Å². The van der Waals surface area contributed by atoms with Crippen LogP contribution >= 0.6 is 0 Å². The molecule has 1 fully saturated rings. The second-order valence-corrected chi connectivity index (χ2v) is 5.17. The first-order valence-corrected chi connectivity index (χ1v) is 6.77. The summed E-state index contributed by atoms with van der Waals surface area (Å²) in [6.07, 6.45) is 3.00. The van der Waals surface area contributed by atoms with Gasteiger partial charge in [0.1, 0.15) is 0 Å². The largest absolute Gasteiger partial charge is 0.493 e. The highest BCUT2D eigenvalue weighted by atomic mass is 16.5. The first kappa shape index (κ1) is 12.5. The van der Waals surface area contributed by atoms with Gasteiger partial charge in [-0.3, -0.25) is 9.69 Å². The smallest absolute Gasteiger partial charge is 0.180 e. The first-order valence-electron chi connectivity index (χ1n) is 6.77. The minimum atomic E-state index is 0.0688. The van der Waals surface area contributed by atoms with E-state index in [0.717, 1.165) is 43.5 Å². The molecule has 1 aromatic carbocycles. The van der Waals surface area contributed by atoms with Crippen molar-refractivity contribution in [3.63, 3.8) is 0 Å². The lowest BCUT2D eigenvalue weighted by Crippen LogP contribution is -2.35. The van der Waals surface area contributed by atoms with Crippen molar-refractivity contribution in [2.75, 3.05) is 27.3 Å². The zero-order chi connectivity index (χ0) is 13.4. The van der Waals surface area contributed by atoms with Crippen LogP contribution in [-0.2, 0) is 6.42 Å². The Morgan fingerprint density at radius 1 is 1.16 bits per heavy atom. The summed E-state index contributed by atoms with van der Waals surface area (Å²) < 4.78 is 10.6. The fourth-order valence-corrected chi connectivity index (χ4v) is 3.19. The summed E-state index contributed by atoms with van der Waals surface area (Å²) in [5.41, 5.74) is 1.89. The third-order valence-corrected chi connectivity index (χ3v) is 4.21. The van der Waals surface area contributed by atoms with Crippen LogP contribution in [0.5, 0.6) is 11.5 Å². The maximum absolute atomic E-state index is 12.6. The van der Waals surface area contributed by atoms with Crippen molar-refractivity contribution in [3.8, 4) is 11.5 Å². The summed E-state index contributed by atoms with van der Waals surface area (Å²) in [5.74, 6) is 1.59. The molecular weight excluding hydrogens is 242 g/mol. The molecule has 0 bridgehead atoms. The summed E-state index contributed by atoms with van der Waals surface area (Å²) >= 11 is 0. The number of nitrogens with zero attached hydrogens (tertiary/aromatic N) is 1. The van der Waals surface area contributed by atoms with Crippen LogP contribution in [0.25, 0.3) is 0 Å². The molecule has 2 heterocycles. The van der Waals surface area contributed by atoms with Gasteiger partial charge in [-0.05, 0) is 43.5 Å². The average Bonchev–Trinajstić information content (AvgIpc) is 2.87. The van der Waals surface area contributed by atoms with E-state index in [4.69, 9.17) is 9.47 Å². The van der Waals surface area contributed by atoms with Gasteiger partial charge in [0.05, 0.1) is 20.3 Å². The van der Waals surface area contributed by atoms with E-state index in [9.17, 15) is 4.79 Å². The molecule has 1 aromatic rings. The number of carbonyl (C=O) groups excluding carboxylic acids is 1. The van der Waals surface area contributed by atoms with Gasteiger partial charge in [0.2, 0.25) is 0 Å². The Bertz CT molecular complexity index is 512. The number of methoxy groups -OCH3 is 2. The van der Waals surface area contributed by atoms with Crippen LogP contribution in [0.2, 0.25) is 0 Å². The van der Waals surface area contributed by atoms with Crippen LogP contribution in [0, 0.1) is 0 Å². The molecule has 1 atom stereocenters. The van der Waals surface area contributed by atoms with Crippen LogP contribution in [0.3, 0.4) is 0 Å². The van der Waals surface area contributed by atoms with Crippen LogP contribution in [0.4, 0.5) is 0 Å². The number of ether oxygens (including phenoxy) is 2. The lowest BCUT2D eigenvalue weighted by atomic mass is 9.97. The van der Waals surface area contributed by atoms with Gasteiger partial charge < -0.3 is 9.47 Å². The number of benzene rings is 1. The molecule has 1 unspecified atom stereocenters. The molecule has 3 rings (SSSR count). The van der Waals surface area contributed by atoms with Crippen molar-refractivity contribution >= 4 is 5.78 Å². The van der Waals surface area contributed by atoms with E-state index in [1.54, 1.807) is 14.2 Å². The zero-order valence-electron chi connectivity index (χ0n) is 11.4. The fourth-order valence-electron chi connectivity index (χ4n) is 3.19. The molecule has 102 valence electrons. The Morgan fingerprint density at radius 2 is 1.89 bits per heavy atom. The second kappa shape index (κ2) is 4.85. The topological polar surface area (TPSA) is 38.8 Å². The number of carbonyl (C=O) groups is 1. The molecule has 0 amide bonds. The Balaban J connectivity index is 2.06. The normalized spacial score (nSPS) is 22.6. The Morgan fingerprint density at radius 3 is 2.63 bits per heavy atom. The molecule has 0 saturated carbocycles. The molecule has 1 saturated heterocycles. The fraction of sp³-hybridized carbons (Fsp3) is 0.533. The number of ketones is 1. The van der Waals surface area contributed by atoms with E-state index in [1.165, 1.54) is 0 Å². The van der Waals surface area contributed by atoms with Gasteiger partial charge in [0, 0.05) is 12.1 Å². The number of hydrogen-bond acceptors (Lipinski definition) is 4. The minimum absolute atomic E-state index is 0.0688. The number of rotatable bonds is 2. The molecule has 4 heteroatoms. The SMILES string of the molecule is COc1cc2c(cc1OC)C(=O)C1CCCN1CC2. The second-order valence-electron chi connectivity index (χ2n) is 5.17. The molecule has 19 heavy (non-hydrogen) atoms. The van der Waals surface area contributed by atoms with Crippen molar-refractivity contribution in [3.05, 3.63) is 23.3 Å². The highest BCUT2D eigenvalue weighted by Crippen LogP contribution is 2.34. The van der Waals surface area contributed by atoms with Gasteiger partial charge in [0.25, 0.3) is 0 Å². The average molecular weight is 261 g/mol.